The highest BCUT2D eigenvalue weighted by Crippen LogP contribution is 2.19. The number of thiophene rings is 1. The van der Waals surface area contributed by atoms with Crippen molar-refractivity contribution in [2.45, 2.75) is 13.0 Å². The fourth-order valence-corrected chi connectivity index (χ4v) is 3.52. The van der Waals surface area contributed by atoms with Crippen LogP contribution in [-0.2, 0) is 17.8 Å². The van der Waals surface area contributed by atoms with Crippen molar-refractivity contribution >= 4 is 28.1 Å². The number of para-hydroxylation sites is 1. The number of nitrogens with one attached hydrogen (secondary N) is 2. The van der Waals surface area contributed by atoms with Gasteiger partial charge in [-0.25, -0.2) is 0 Å². The van der Waals surface area contributed by atoms with Crippen LogP contribution in [0.3, 0.4) is 0 Å². The zero-order valence-corrected chi connectivity index (χ0v) is 14.4. The Morgan fingerprint density at radius 3 is 3.04 bits per heavy atom. The summed E-state index contributed by atoms with van der Waals surface area (Å²) >= 11 is 1.66. The fraction of sp³-hybridized carbons (Fsp3) is 0.158. The van der Waals surface area contributed by atoms with Gasteiger partial charge in [0.1, 0.15) is 0 Å². The van der Waals surface area contributed by atoms with E-state index in [0.717, 1.165) is 27.7 Å². The van der Waals surface area contributed by atoms with Crippen molar-refractivity contribution in [2.24, 2.45) is 0 Å². The molecule has 6 heteroatoms. The molecule has 126 valence electrons. The predicted molar refractivity (Wildman–Crippen MR) is 101 cm³/mol. The molecular weight excluding hydrogens is 332 g/mol. The zero-order valence-electron chi connectivity index (χ0n) is 13.6. The number of aromatic amines is 1. The molecule has 0 aliphatic rings. The molecule has 0 fully saturated rings. The van der Waals surface area contributed by atoms with Crippen molar-refractivity contribution in [1.82, 2.24) is 20.1 Å². The smallest absolute Gasteiger partial charge is 0.224 e. The molecule has 4 rings (SSSR count). The summed E-state index contributed by atoms with van der Waals surface area (Å²) in [6.45, 7) is 1.22. The van der Waals surface area contributed by atoms with Gasteiger partial charge in [0, 0.05) is 40.8 Å². The molecule has 0 saturated heterocycles. The van der Waals surface area contributed by atoms with E-state index in [9.17, 15) is 4.79 Å². The van der Waals surface area contributed by atoms with E-state index in [2.05, 4.69) is 26.8 Å². The Morgan fingerprint density at radius 1 is 1.24 bits per heavy atom. The standard InChI is InChI=1S/C19H18N4OS/c24-19(11-15-12-21-18-4-2-1-3-16(15)18)20-7-9-23-8-5-17(22-23)14-6-10-25-13-14/h1-6,8,10,12-13,21H,7,9,11H2,(H,20,24). The maximum Gasteiger partial charge on any atom is 0.224 e. The van der Waals surface area contributed by atoms with Crippen molar-refractivity contribution in [2.75, 3.05) is 6.54 Å². The molecule has 0 aliphatic carbocycles. The molecule has 0 aliphatic heterocycles. The number of nitrogens with zero attached hydrogens (tertiary/aromatic N) is 2. The van der Waals surface area contributed by atoms with Crippen molar-refractivity contribution in [1.29, 1.82) is 0 Å². The van der Waals surface area contributed by atoms with Gasteiger partial charge in [-0.15, -0.1) is 0 Å². The van der Waals surface area contributed by atoms with Crippen molar-refractivity contribution in [3.8, 4) is 11.3 Å². The third-order valence-electron chi connectivity index (χ3n) is 4.15. The summed E-state index contributed by atoms with van der Waals surface area (Å²) in [5, 5.41) is 12.7. The number of amides is 1. The van der Waals surface area contributed by atoms with E-state index in [0.29, 0.717) is 19.5 Å². The van der Waals surface area contributed by atoms with Gasteiger partial charge in [0.05, 0.1) is 18.7 Å². The number of fused-ring (bicyclic) bond motifs is 1. The van der Waals surface area contributed by atoms with E-state index < -0.39 is 0 Å². The van der Waals surface area contributed by atoms with Crippen LogP contribution in [0.25, 0.3) is 22.2 Å². The van der Waals surface area contributed by atoms with Gasteiger partial charge in [0.25, 0.3) is 0 Å². The summed E-state index contributed by atoms with van der Waals surface area (Å²) in [6, 6.07) is 12.1. The molecule has 0 radical (unpaired) electrons. The minimum Gasteiger partial charge on any atom is -0.361 e. The number of hydrogen-bond donors (Lipinski definition) is 2. The third kappa shape index (κ3) is 3.49. The van der Waals surface area contributed by atoms with Crippen molar-refractivity contribution < 1.29 is 4.79 Å². The number of benzene rings is 1. The van der Waals surface area contributed by atoms with Crippen molar-refractivity contribution in [3.63, 3.8) is 0 Å². The van der Waals surface area contributed by atoms with Gasteiger partial charge in [-0.3, -0.25) is 9.48 Å². The minimum atomic E-state index is 0.0231. The van der Waals surface area contributed by atoms with Crippen LogP contribution in [0.2, 0.25) is 0 Å². The maximum absolute atomic E-state index is 12.2. The first kappa shape index (κ1) is 15.7. The van der Waals surface area contributed by atoms with Crippen LogP contribution < -0.4 is 5.32 Å². The van der Waals surface area contributed by atoms with Crippen LogP contribution >= 0.6 is 11.3 Å². The van der Waals surface area contributed by atoms with E-state index in [1.54, 1.807) is 11.3 Å². The quantitative estimate of drug-likeness (QED) is 0.559. The lowest BCUT2D eigenvalue weighted by Gasteiger charge is -2.05. The first-order valence-electron chi connectivity index (χ1n) is 8.17. The summed E-state index contributed by atoms with van der Waals surface area (Å²) in [5.41, 5.74) is 4.17. The Bertz CT molecular complexity index is 984. The van der Waals surface area contributed by atoms with Crippen molar-refractivity contribution in [3.05, 3.63) is 65.1 Å². The Morgan fingerprint density at radius 2 is 2.16 bits per heavy atom. The zero-order chi connectivity index (χ0) is 17.1. The third-order valence-corrected chi connectivity index (χ3v) is 4.83. The van der Waals surface area contributed by atoms with Crippen LogP contribution in [0.5, 0.6) is 0 Å². The summed E-state index contributed by atoms with van der Waals surface area (Å²) < 4.78 is 1.86. The number of aromatic nitrogens is 3. The molecule has 0 atom stereocenters. The highest BCUT2D eigenvalue weighted by Gasteiger charge is 2.08. The second kappa shape index (κ2) is 6.94. The Kier molecular flexibility index (Phi) is 4.35. The molecule has 3 aromatic heterocycles. The monoisotopic (exact) mass is 350 g/mol. The van der Waals surface area contributed by atoms with Crippen LogP contribution in [0.4, 0.5) is 0 Å². The molecule has 0 unspecified atom stereocenters. The van der Waals surface area contributed by atoms with Gasteiger partial charge in [-0.2, -0.15) is 16.4 Å². The van der Waals surface area contributed by atoms with Gasteiger partial charge in [-0.05, 0) is 29.1 Å². The number of rotatable bonds is 6. The topological polar surface area (TPSA) is 62.7 Å². The summed E-state index contributed by atoms with van der Waals surface area (Å²) in [4.78, 5) is 15.4. The lowest BCUT2D eigenvalue weighted by Crippen LogP contribution is -2.28. The van der Waals surface area contributed by atoms with Crippen LogP contribution in [-0.4, -0.2) is 27.2 Å². The summed E-state index contributed by atoms with van der Waals surface area (Å²) in [6.07, 6.45) is 4.23. The first-order chi connectivity index (χ1) is 12.3. The number of carbonyl (C=O) groups excluding carboxylic acids is 1. The highest BCUT2D eigenvalue weighted by atomic mass is 32.1. The van der Waals surface area contributed by atoms with Gasteiger partial charge in [0.2, 0.25) is 5.91 Å². The van der Waals surface area contributed by atoms with Gasteiger partial charge in [-0.1, -0.05) is 18.2 Å². The molecule has 3 heterocycles. The molecule has 0 bridgehead atoms. The van der Waals surface area contributed by atoms with Gasteiger partial charge in [0.15, 0.2) is 0 Å². The van der Waals surface area contributed by atoms with E-state index in [4.69, 9.17) is 0 Å². The average molecular weight is 350 g/mol. The normalized spacial score (nSPS) is 11.0. The summed E-state index contributed by atoms with van der Waals surface area (Å²) in [5.74, 6) is 0.0231. The molecule has 4 aromatic rings. The molecule has 0 saturated carbocycles. The lowest BCUT2D eigenvalue weighted by atomic mass is 10.1. The van der Waals surface area contributed by atoms with Crippen LogP contribution in [0, 0.1) is 0 Å². The molecule has 1 amide bonds. The number of carbonyl (C=O) groups is 1. The number of hydrogen-bond acceptors (Lipinski definition) is 3. The largest absolute Gasteiger partial charge is 0.361 e. The minimum absolute atomic E-state index is 0.0231. The predicted octanol–water partition coefficient (Wildman–Crippen LogP) is 3.45. The fourth-order valence-electron chi connectivity index (χ4n) is 2.87. The molecule has 25 heavy (non-hydrogen) atoms. The van der Waals surface area contributed by atoms with E-state index in [1.807, 2.05) is 52.8 Å². The van der Waals surface area contributed by atoms with Crippen LogP contribution in [0.15, 0.2) is 59.6 Å². The summed E-state index contributed by atoms with van der Waals surface area (Å²) in [7, 11) is 0. The Balaban J connectivity index is 1.30. The molecule has 2 N–H and O–H groups in total. The second-order valence-electron chi connectivity index (χ2n) is 5.86. The Hall–Kier alpha value is -2.86. The SMILES string of the molecule is O=C(Cc1c[nH]c2ccccc12)NCCn1ccc(-c2ccsc2)n1. The van der Waals surface area contributed by atoms with Gasteiger partial charge >= 0.3 is 0 Å². The maximum atomic E-state index is 12.2. The molecule has 0 spiro atoms. The van der Waals surface area contributed by atoms with Gasteiger partial charge < -0.3 is 10.3 Å². The molecule has 1 aromatic carbocycles. The lowest BCUT2D eigenvalue weighted by molar-refractivity contribution is -0.120. The second-order valence-corrected chi connectivity index (χ2v) is 6.64. The van der Waals surface area contributed by atoms with E-state index in [1.165, 1.54) is 0 Å². The van der Waals surface area contributed by atoms with E-state index >= 15 is 0 Å². The number of H-pyrrole nitrogens is 1. The first-order valence-corrected chi connectivity index (χ1v) is 9.11. The highest BCUT2D eigenvalue weighted by molar-refractivity contribution is 7.08. The van der Waals surface area contributed by atoms with Crippen LogP contribution in [0.1, 0.15) is 5.56 Å². The molecular formula is C19H18N4OS. The average Bonchev–Trinajstić information content (AvgIpc) is 3.35. The Labute approximate surface area is 149 Å². The van der Waals surface area contributed by atoms with E-state index in [-0.39, 0.29) is 5.91 Å². The molecule has 5 nitrogen and oxygen atoms in total.